The molecule has 0 saturated carbocycles. The van der Waals surface area contributed by atoms with Crippen molar-refractivity contribution in [1.29, 1.82) is 0 Å². The van der Waals surface area contributed by atoms with Gasteiger partial charge in [0.2, 0.25) is 0 Å². The summed E-state index contributed by atoms with van der Waals surface area (Å²) in [6.45, 7) is -0.0752. The molecule has 4 N–H and O–H groups in total. The van der Waals surface area contributed by atoms with Gasteiger partial charge in [-0.2, -0.15) is 0 Å². The van der Waals surface area contributed by atoms with E-state index in [0.29, 0.717) is 0 Å². The fourth-order valence-corrected chi connectivity index (χ4v) is 1.35. The third-order valence-electron chi connectivity index (χ3n) is 2.46. The van der Waals surface area contributed by atoms with Crippen molar-refractivity contribution in [3.05, 3.63) is 35.9 Å². The number of hydrogen-bond donors (Lipinski definition) is 3. The summed E-state index contributed by atoms with van der Waals surface area (Å²) in [4.78, 5) is 22.6. The molecule has 20 heavy (non-hydrogen) atoms. The summed E-state index contributed by atoms with van der Waals surface area (Å²) >= 11 is 0. The van der Waals surface area contributed by atoms with Crippen molar-refractivity contribution in [2.75, 3.05) is 13.2 Å². The van der Waals surface area contributed by atoms with Gasteiger partial charge in [0, 0.05) is 13.0 Å². The van der Waals surface area contributed by atoms with Crippen LogP contribution in [0.3, 0.4) is 0 Å². The van der Waals surface area contributed by atoms with Crippen LogP contribution in [0.2, 0.25) is 0 Å². The van der Waals surface area contributed by atoms with Crippen LogP contribution in [0.25, 0.3) is 0 Å². The molecule has 1 aromatic rings. The number of rotatable bonds is 7. The number of ether oxygens (including phenoxy) is 1. The summed E-state index contributed by atoms with van der Waals surface area (Å²) < 4.78 is 4.95. The van der Waals surface area contributed by atoms with Gasteiger partial charge in [-0.3, -0.25) is 4.79 Å². The number of amides is 1. The average molecular weight is 332 g/mol. The molecule has 0 heterocycles. The number of aliphatic hydroxyl groups excluding tert-OH is 1. The predicted molar refractivity (Wildman–Crippen MR) is 69.3 cm³/mol. The minimum absolute atomic E-state index is 0. The van der Waals surface area contributed by atoms with Gasteiger partial charge in [-0.25, -0.2) is 4.79 Å². The minimum atomic E-state index is -0.887. The Labute approximate surface area is 130 Å². The first-order chi connectivity index (χ1) is 9.13. The number of carbonyl (C=O) groups excluding carboxylic acids is 2. The maximum atomic E-state index is 11.3. The summed E-state index contributed by atoms with van der Waals surface area (Å²) in [5.41, 5.74) is 6.21. The quantitative estimate of drug-likeness (QED) is 0.619. The molecule has 104 valence electrons. The number of alkyl carbamates (subject to hydrolysis) is 1. The minimum Gasteiger partial charge on any atom is -0.445 e. The zero-order valence-corrected chi connectivity index (χ0v) is 14.2. The Balaban J connectivity index is 0.00000361. The van der Waals surface area contributed by atoms with Gasteiger partial charge in [-0.1, -0.05) is 30.3 Å². The summed E-state index contributed by atoms with van der Waals surface area (Å²) in [7, 11) is 0. The second kappa shape index (κ2) is 10.5. The second-order valence-electron chi connectivity index (χ2n) is 3.99. The van der Waals surface area contributed by atoms with Crippen LogP contribution in [0.5, 0.6) is 0 Å². The Hall–Kier alpha value is -1.30. The molecule has 0 aromatic heterocycles. The zero-order chi connectivity index (χ0) is 14.1. The third-order valence-corrected chi connectivity index (χ3v) is 2.46. The molecular weight excluding hydrogens is 314 g/mol. The molecule has 1 atom stereocenters. The van der Waals surface area contributed by atoms with Crippen LogP contribution in [0, 0.1) is 0 Å². The van der Waals surface area contributed by atoms with E-state index in [9.17, 15) is 9.59 Å². The van der Waals surface area contributed by atoms with E-state index in [1.807, 2.05) is 30.3 Å². The van der Waals surface area contributed by atoms with Crippen molar-refractivity contribution < 1.29 is 38.9 Å². The Kier molecular flexibility index (Phi) is 9.81. The smallest absolute Gasteiger partial charge is 0.445 e. The van der Waals surface area contributed by atoms with Gasteiger partial charge in [0.15, 0.2) is 5.78 Å². The summed E-state index contributed by atoms with van der Waals surface area (Å²) in [5.74, 6) is -0.300. The molecule has 0 radical (unpaired) electrons. The van der Waals surface area contributed by atoms with Crippen molar-refractivity contribution in [3.63, 3.8) is 0 Å². The third kappa shape index (κ3) is 7.33. The molecule has 0 spiro atoms. The molecule has 0 aliphatic carbocycles. The number of aliphatic hydroxyl groups is 1. The monoisotopic (exact) mass is 330 g/mol. The van der Waals surface area contributed by atoms with E-state index < -0.39 is 18.7 Å². The molecule has 7 heteroatoms. The van der Waals surface area contributed by atoms with Crippen LogP contribution in [0.4, 0.5) is 4.79 Å². The molecule has 1 unspecified atom stereocenters. The van der Waals surface area contributed by atoms with E-state index in [0.717, 1.165) is 5.56 Å². The number of ketones is 1. The van der Waals surface area contributed by atoms with Crippen molar-refractivity contribution in [3.8, 4) is 0 Å². The summed E-state index contributed by atoms with van der Waals surface area (Å²) in [6.07, 6.45) is -0.517. The summed E-state index contributed by atoms with van der Waals surface area (Å²) in [6, 6.07) is 8.38. The first-order valence-corrected chi connectivity index (χ1v) is 5.97. The molecule has 0 saturated heterocycles. The van der Waals surface area contributed by atoms with E-state index >= 15 is 0 Å². The van der Waals surface area contributed by atoms with Crippen LogP contribution in [-0.2, 0) is 35.6 Å². The van der Waals surface area contributed by atoms with E-state index in [-0.39, 0.29) is 44.8 Å². The normalized spacial score (nSPS) is 11.1. The van der Waals surface area contributed by atoms with E-state index in [1.54, 1.807) is 0 Å². The first-order valence-electron chi connectivity index (χ1n) is 5.97. The maximum absolute atomic E-state index is 11.3. The molecule has 1 amide bonds. The molecule has 0 aliphatic rings. The van der Waals surface area contributed by atoms with Gasteiger partial charge in [0.1, 0.15) is 6.61 Å². The largest absolute Gasteiger partial charge is 2.00 e. The second-order valence-corrected chi connectivity index (χ2v) is 3.99. The Morgan fingerprint density at radius 1 is 1.30 bits per heavy atom. The van der Waals surface area contributed by atoms with Gasteiger partial charge < -0.3 is 20.9 Å². The average Bonchev–Trinajstić information content (AvgIpc) is 2.45. The van der Waals surface area contributed by atoms with Gasteiger partial charge >= 0.3 is 25.6 Å². The van der Waals surface area contributed by atoms with E-state index in [2.05, 4.69) is 5.32 Å². The molecule has 0 bridgehead atoms. The van der Waals surface area contributed by atoms with Gasteiger partial charge in [-0.05, 0) is 5.56 Å². The van der Waals surface area contributed by atoms with E-state index in [1.165, 1.54) is 0 Å². The number of carbonyl (C=O) groups is 2. The molecular formula is C13H18N2O4Zn+2. The fraction of sp³-hybridized carbons (Fsp3) is 0.385. The Morgan fingerprint density at radius 3 is 2.55 bits per heavy atom. The van der Waals surface area contributed by atoms with Crippen molar-refractivity contribution in [1.82, 2.24) is 5.32 Å². The van der Waals surface area contributed by atoms with Crippen molar-refractivity contribution in [2.24, 2.45) is 5.73 Å². The zero-order valence-electron chi connectivity index (χ0n) is 11.2. The van der Waals surface area contributed by atoms with Gasteiger partial charge in [-0.15, -0.1) is 0 Å². The standard InChI is InChI=1S/C13H18N2O4.Zn/c14-11(8-16)12(17)6-7-15-13(18)19-9-10-4-2-1-3-5-10;/h1-5,11,16H,6-9,14H2,(H,15,18);/q;+2. The number of benzene rings is 1. The Bertz CT molecular complexity index is 414. The molecule has 0 aliphatic heterocycles. The van der Waals surface area contributed by atoms with E-state index in [4.69, 9.17) is 15.6 Å². The maximum Gasteiger partial charge on any atom is 2.00 e. The number of hydrogen-bond acceptors (Lipinski definition) is 5. The molecule has 1 rings (SSSR count). The van der Waals surface area contributed by atoms with Crippen LogP contribution >= 0.6 is 0 Å². The van der Waals surface area contributed by atoms with Crippen LogP contribution in [0.15, 0.2) is 30.3 Å². The van der Waals surface area contributed by atoms with Crippen LogP contribution in [0.1, 0.15) is 12.0 Å². The first kappa shape index (κ1) is 18.7. The van der Waals surface area contributed by atoms with Crippen LogP contribution < -0.4 is 11.1 Å². The SMILES string of the molecule is NC(CO)C(=O)CCNC(=O)OCc1ccccc1.[Zn+2]. The van der Waals surface area contributed by atoms with Crippen molar-refractivity contribution >= 4 is 11.9 Å². The topological polar surface area (TPSA) is 102 Å². The number of nitrogens with one attached hydrogen (secondary N) is 1. The molecule has 1 aromatic carbocycles. The number of nitrogens with two attached hydrogens (primary N) is 1. The molecule has 6 nitrogen and oxygen atoms in total. The Morgan fingerprint density at radius 2 is 1.95 bits per heavy atom. The number of Topliss-reactive ketones (excluding diaryl/α,β-unsaturated/α-hetero) is 1. The van der Waals surface area contributed by atoms with Gasteiger partial charge in [0.25, 0.3) is 0 Å². The summed E-state index contributed by atoms with van der Waals surface area (Å²) in [5, 5.41) is 11.1. The molecule has 0 fully saturated rings. The van der Waals surface area contributed by atoms with Gasteiger partial charge in [0.05, 0.1) is 12.6 Å². The fourth-order valence-electron chi connectivity index (χ4n) is 1.35. The predicted octanol–water partition coefficient (Wildman–Crippen LogP) is 0.189. The van der Waals surface area contributed by atoms with Crippen LogP contribution in [-0.4, -0.2) is 36.2 Å². The van der Waals surface area contributed by atoms with Crippen molar-refractivity contribution in [2.45, 2.75) is 19.1 Å².